The number of nitrogens with zero attached hydrogens (tertiary/aromatic N) is 3. The van der Waals surface area contributed by atoms with Crippen LogP contribution in [0.1, 0.15) is 12.5 Å². The predicted molar refractivity (Wildman–Crippen MR) is 68.9 cm³/mol. The molecule has 0 aliphatic rings. The highest BCUT2D eigenvalue weighted by atomic mass is 35.5. The Morgan fingerprint density at radius 3 is 2.94 bits per heavy atom. The Morgan fingerprint density at radius 2 is 2.33 bits per heavy atom. The van der Waals surface area contributed by atoms with Gasteiger partial charge in [-0.1, -0.05) is 11.6 Å². The van der Waals surface area contributed by atoms with Crippen molar-refractivity contribution in [1.29, 1.82) is 5.26 Å². The van der Waals surface area contributed by atoms with Crippen LogP contribution in [-0.2, 0) is 0 Å². The van der Waals surface area contributed by atoms with Gasteiger partial charge in [0.2, 0.25) is 0 Å². The number of anilines is 1. The van der Waals surface area contributed by atoms with Crippen LogP contribution in [0.2, 0.25) is 5.02 Å². The van der Waals surface area contributed by atoms with Crippen LogP contribution in [0.25, 0.3) is 5.69 Å². The Balaban J connectivity index is 2.52. The zero-order valence-electron chi connectivity index (χ0n) is 9.72. The second-order valence-electron chi connectivity index (χ2n) is 3.51. The molecule has 2 aromatic rings. The summed E-state index contributed by atoms with van der Waals surface area (Å²) in [5, 5.41) is 13.4. The summed E-state index contributed by atoms with van der Waals surface area (Å²) in [6.07, 6.45) is 1.40. The van der Waals surface area contributed by atoms with E-state index in [2.05, 4.69) is 5.10 Å². The average molecular weight is 263 g/mol. The number of hydrogen-bond acceptors (Lipinski definition) is 4. The fourth-order valence-corrected chi connectivity index (χ4v) is 1.74. The quantitative estimate of drug-likeness (QED) is 0.921. The first-order chi connectivity index (χ1) is 8.67. The predicted octanol–water partition coefficient (Wildman–Crippen LogP) is 2.38. The maximum Gasteiger partial charge on any atom is 0.145 e. The molecule has 0 spiro atoms. The van der Waals surface area contributed by atoms with Crippen LogP contribution < -0.4 is 10.5 Å². The van der Waals surface area contributed by atoms with Gasteiger partial charge in [0.25, 0.3) is 0 Å². The number of nitriles is 1. The van der Waals surface area contributed by atoms with E-state index in [1.54, 1.807) is 18.2 Å². The molecule has 1 aromatic heterocycles. The summed E-state index contributed by atoms with van der Waals surface area (Å²) < 4.78 is 6.81. The highest BCUT2D eigenvalue weighted by Gasteiger charge is 2.12. The Labute approximate surface area is 109 Å². The Kier molecular flexibility index (Phi) is 3.40. The highest BCUT2D eigenvalue weighted by Crippen LogP contribution is 2.27. The lowest BCUT2D eigenvalue weighted by atomic mass is 10.3. The normalized spacial score (nSPS) is 10.1. The zero-order chi connectivity index (χ0) is 13.1. The van der Waals surface area contributed by atoms with Crippen molar-refractivity contribution in [2.24, 2.45) is 0 Å². The smallest absolute Gasteiger partial charge is 0.145 e. The monoisotopic (exact) mass is 262 g/mol. The van der Waals surface area contributed by atoms with E-state index >= 15 is 0 Å². The van der Waals surface area contributed by atoms with Gasteiger partial charge >= 0.3 is 0 Å². The second-order valence-corrected chi connectivity index (χ2v) is 3.92. The molecule has 0 radical (unpaired) electrons. The van der Waals surface area contributed by atoms with E-state index in [0.717, 1.165) is 0 Å². The molecule has 6 heteroatoms. The topological polar surface area (TPSA) is 76.9 Å². The number of ether oxygens (including phenoxy) is 1. The minimum atomic E-state index is 0.257. The van der Waals surface area contributed by atoms with Crippen molar-refractivity contribution in [3.05, 3.63) is 35.0 Å². The number of rotatable bonds is 3. The Hall–Kier alpha value is -2.19. The van der Waals surface area contributed by atoms with Gasteiger partial charge in [0.15, 0.2) is 0 Å². The van der Waals surface area contributed by atoms with Crippen LogP contribution in [0.3, 0.4) is 0 Å². The van der Waals surface area contributed by atoms with Gasteiger partial charge < -0.3 is 10.5 Å². The van der Waals surface area contributed by atoms with Crippen LogP contribution in [0.5, 0.6) is 5.75 Å². The third-order valence-electron chi connectivity index (χ3n) is 2.38. The van der Waals surface area contributed by atoms with Crippen molar-refractivity contribution >= 4 is 17.4 Å². The van der Waals surface area contributed by atoms with Gasteiger partial charge in [-0.05, 0) is 19.1 Å². The molecule has 0 saturated heterocycles. The molecule has 0 aliphatic heterocycles. The Morgan fingerprint density at radius 1 is 1.56 bits per heavy atom. The van der Waals surface area contributed by atoms with E-state index < -0.39 is 0 Å². The van der Waals surface area contributed by atoms with Gasteiger partial charge in [-0.3, -0.25) is 0 Å². The fourth-order valence-electron chi connectivity index (χ4n) is 1.55. The van der Waals surface area contributed by atoms with Crippen LogP contribution in [-0.4, -0.2) is 16.4 Å². The first-order valence-electron chi connectivity index (χ1n) is 5.33. The number of nitrogens with two attached hydrogens (primary N) is 1. The van der Waals surface area contributed by atoms with E-state index in [9.17, 15) is 0 Å². The maximum absolute atomic E-state index is 8.85. The lowest BCUT2D eigenvalue weighted by Gasteiger charge is -2.09. The van der Waals surface area contributed by atoms with Crippen molar-refractivity contribution in [2.45, 2.75) is 6.92 Å². The Bertz CT molecular complexity index is 615. The van der Waals surface area contributed by atoms with Crippen LogP contribution in [0, 0.1) is 11.3 Å². The molecule has 18 heavy (non-hydrogen) atoms. The van der Waals surface area contributed by atoms with Crippen molar-refractivity contribution in [3.8, 4) is 17.5 Å². The molecule has 5 nitrogen and oxygen atoms in total. The molecule has 1 heterocycles. The average Bonchev–Trinajstić information content (AvgIpc) is 2.73. The third-order valence-corrected chi connectivity index (χ3v) is 2.70. The lowest BCUT2D eigenvalue weighted by Crippen LogP contribution is -2.04. The molecule has 1 aromatic carbocycles. The minimum absolute atomic E-state index is 0.257. The molecule has 0 fully saturated rings. The number of benzene rings is 1. The number of halogens is 1. The molecular formula is C12H11ClN4O. The summed E-state index contributed by atoms with van der Waals surface area (Å²) in [7, 11) is 0. The molecule has 0 saturated carbocycles. The molecule has 2 rings (SSSR count). The number of aromatic nitrogens is 2. The summed E-state index contributed by atoms with van der Waals surface area (Å²) in [4.78, 5) is 0. The first kappa shape index (κ1) is 12.3. The zero-order valence-corrected chi connectivity index (χ0v) is 10.5. The highest BCUT2D eigenvalue weighted by molar-refractivity contribution is 6.32. The van der Waals surface area contributed by atoms with Crippen molar-refractivity contribution in [3.63, 3.8) is 0 Å². The van der Waals surface area contributed by atoms with Gasteiger partial charge in [0, 0.05) is 6.07 Å². The minimum Gasteiger partial charge on any atom is -0.494 e. The molecule has 0 aliphatic carbocycles. The summed E-state index contributed by atoms with van der Waals surface area (Å²) in [5.41, 5.74) is 6.71. The van der Waals surface area contributed by atoms with E-state index in [1.165, 1.54) is 10.9 Å². The van der Waals surface area contributed by atoms with Gasteiger partial charge in [-0.15, -0.1) is 0 Å². The van der Waals surface area contributed by atoms with Crippen LogP contribution in [0.4, 0.5) is 5.82 Å². The molecule has 0 amide bonds. The lowest BCUT2D eigenvalue weighted by molar-refractivity contribution is 0.340. The largest absolute Gasteiger partial charge is 0.494 e. The molecule has 92 valence electrons. The molecular weight excluding hydrogens is 252 g/mol. The van der Waals surface area contributed by atoms with Gasteiger partial charge in [0.05, 0.1) is 23.5 Å². The molecule has 0 unspecified atom stereocenters. The van der Waals surface area contributed by atoms with Crippen molar-refractivity contribution in [2.75, 3.05) is 12.3 Å². The summed E-state index contributed by atoms with van der Waals surface area (Å²) in [6.45, 7) is 2.45. The molecule has 2 N–H and O–H groups in total. The molecule has 0 atom stereocenters. The van der Waals surface area contributed by atoms with E-state index in [4.69, 9.17) is 27.3 Å². The fraction of sp³-hybridized carbons (Fsp3) is 0.167. The number of hydrogen-bond donors (Lipinski definition) is 1. The van der Waals surface area contributed by atoms with Gasteiger partial charge in [-0.25, -0.2) is 4.68 Å². The first-order valence-corrected chi connectivity index (χ1v) is 5.71. The van der Waals surface area contributed by atoms with Crippen LogP contribution >= 0.6 is 11.6 Å². The summed E-state index contributed by atoms with van der Waals surface area (Å²) in [6, 6.07) is 7.16. The van der Waals surface area contributed by atoms with E-state index in [0.29, 0.717) is 28.6 Å². The van der Waals surface area contributed by atoms with Crippen molar-refractivity contribution in [1.82, 2.24) is 9.78 Å². The SMILES string of the molecule is CCOc1ccc(Cl)c(-n2ncc(C#N)c2N)c1. The van der Waals surface area contributed by atoms with Gasteiger partial charge in [-0.2, -0.15) is 10.4 Å². The molecule has 0 bridgehead atoms. The number of nitrogen functional groups attached to an aromatic ring is 1. The summed E-state index contributed by atoms with van der Waals surface area (Å²) >= 11 is 6.10. The summed E-state index contributed by atoms with van der Waals surface area (Å²) in [5.74, 6) is 0.929. The standard InChI is InChI=1S/C12H11ClN4O/c1-2-18-9-3-4-10(13)11(5-9)17-12(15)8(6-14)7-16-17/h3-5,7H,2,15H2,1H3. The van der Waals surface area contributed by atoms with Crippen LogP contribution in [0.15, 0.2) is 24.4 Å². The van der Waals surface area contributed by atoms with Gasteiger partial charge in [0.1, 0.15) is 23.2 Å². The maximum atomic E-state index is 8.85. The van der Waals surface area contributed by atoms with E-state index in [-0.39, 0.29) is 5.82 Å². The van der Waals surface area contributed by atoms with E-state index in [1.807, 2.05) is 13.0 Å². The second kappa shape index (κ2) is 4.98. The third kappa shape index (κ3) is 2.11. The van der Waals surface area contributed by atoms with Crippen molar-refractivity contribution < 1.29 is 4.74 Å².